The zero-order valence-electron chi connectivity index (χ0n) is 7.91. The Labute approximate surface area is 88.1 Å². The molecule has 0 saturated carbocycles. The second-order valence-corrected chi connectivity index (χ2v) is 3.77. The summed E-state index contributed by atoms with van der Waals surface area (Å²) < 4.78 is 0. The van der Waals surface area contributed by atoms with E-state index >= 15 is 0 Å². The van der Waals surface area contributed by atoms with E-state index < -0.39 is 0 Å². The van der Waals surface area contributed by atoms with Crippen LogP contribution in [0.3, 0.4) is 0 Å². The molecule has 2 N–H and O–H groups in total. The second kappa shape index (κ2) is 4.11. The molecule has 1 aliphatic heterocycles. The summed E-state index contributed by atoms with van der Waals surface area (Å²) in [4.78, 5) is 10.7. The molecule has 2 rings (SSSR count). The molecule has 4 nitrogen and oxygen atoms in total. The van der Waals surface area contributed by atoms with E-state index in [9.17, 15) is 0 Å². The van der Waals surface area contributed by atoms with Crippen LogP contribution in [-0.2, 0) is 6.54 Å². The van der Waals surface area contributed by atoms with E-state index in [0.717, 1.165) is 24.7 Å². The van der Waals surface area contributed by atoms with E-state index in [4.69, 9.17) is 17.3 Å². The maximum absolute atomic E-state index is 5.87. The lowest BCUT2D eigenvalue weighted by Gasteiger charge is -2.15. The Bertz CT molecular complexity index is 323. The number of halogens is 1. The molecule has 0 aliphatic carbocycles. The van der Waals surface area contributed by atoms with E-state index in [1.54, 1.807) is 6.07 Å². The van der Waals surface area contributed by atoms with Gasteiger partial charge in [-0.3, -0.25) is 0 Å². The molecule has 5 heteroatoms. The van der Waals surface area contributed by atoms with Gasteiger partial charge in [0, 0.05) is 19.6 Å². The summed E-state index contributed by atoms with van der Waals surface area (Å²) in [7, 11) is 0. The Hall–Kier alpha value is -0.870. The highest BCUT2D eigenvalue weighted by atomic mass is 35.5. The molecular formula is C9H13ClN4. The highest BCUT2D eigenvalue weighted by Crippen LogP contribution is 2.18. The van der Waals surface area contributed by atoms with Crippen LogP contribution < -0.4 is 10.6 Å². The van der Waals surface area contributed by atoms with Crippen LogP contribution in [0.15, 0.2) is 6.07 Å². The molecule has 0 aromatic carbocycles. The standard InChI is InChI=1S/C9H13ClN4/c10-8-5-7(6-11)12-9(13-8)14-3-1-2-4-14/h5H,1-4,6,11H2. The second-order valence-electron chi connectivity index (χ2n) is 3.38. The van der Waals surface area contributed by atoms with E-state index in [-0.39, 0.29) is 0 Å². The first kappa shape index (κ1) is 9.68. The normalized spacial score (nSPS) is 16.3. The third-order valence-corrected chi connectivity index (χ3v) is 2.53. The fourth-order valence-electron chi connectivity index (χ4n) is 1.61. The van der Waals surface area contributed by atoms with Crippen LogP contribution >= 0.6 is 11.6 Å². The number of nitrogens with zero attached hydrogens (tertiary/aromatic N) is 3. The number of hydrogen-bond acceptors (Lipinski definition) is 4. The van der Waals surface area contributed by atoms with E-state index in [1.165, 1.54) is 12.8 Å². The summed E-state index contributed by atoms with van der Waals surface area (Å²) in [5, 5.41) is 0.474. The molecule has 76 valence electrons. The Balaban J connectivity index is 2.27. The molecule has 1 aromatic heterocycles. The van der Waals surface area contributed by atoms with E-state index in [1.807, 2.05) is 0 Å². The van der Waals surface area contributed by atoms with Crippen molar-refractivity contribution in [1.82, 2.24) is 9.97 Å². The van der Waals surface area contributed by atoms with Gasteiger partial charge >= 0.3 is 0 Å². The highest BCUT2D eigenvalue weighted by molar-refractivity contribution is 6.29. The number of rotatable bonds is 2. The summed E-state index contributed by atoms with van der Waals surface area (Å²) in [6.45, 7) is 2.44. The molecule has 1 saturated heterocycles. The van der Waals surface area contributed by atoms with Crippen molar-refractivity contribution in [1.29, 1.82) is 0 Å². The minimum absolute atomic E-state index is 0.406. The molecular weight excluding hydrogens is 200 g/mol. The molecule has 0 radical (unpaired) electrons. The van der Waals surface area contributed by atoms with Gasteiger partial charge in [-0.05, 0) is 18.9 Å². The zero-order valence-corrected chi connectivity index (χ0v) is 8.67. The monoisotopic (exact) mass is 212 g/mol. The topological polar surface area (TPSA) is 55.0 Å². The molecule has 0 atom stereocenters. The van der Waals surface area contributed by atoms with Crippen LogP contribution in [0.5, 0.6) is 0 Å². The number of anilines is 1. The van der Waals surface area contributed by atoms with Gasteiger partial charge in [-0.2, -0.15) is 0 Å². The quantitative estimate of drug-likeness (QED) is 0.749. The molecule has 0 amide bonds. The predicted molar refractivity (Wildman–Crippen MR) is 56.4 cm³/mol. The number of hydrogen-bond donors (Lipinski definition) is 1. The van der Waals surface area contributed by atoms with Crippen molar-refractivity contribution in [2.24, 2.45) is 5.73 Å². The average molecular weight is 213 g/mol. The lowest BCUT2D eigenvalue weighted by molar-refractivity contribution is 0.868. The third-order valence-electron chi connectivity index (χ3n) is 2.33. The first-order valence-electron chi connectivity index (χ1n) is 4.78. The number of aromatic nitrogens is 2. The largest absolute Gasteiger partial charge is 0.341 e. The van der Waals surface area contributed by atoms with Crippen LogP contribution in [0.1, 0.15) is 18.5 Å². The van der Waals surface area contributed by atoms with Crippen molar-refractivity contribution in [3.8, 4) is 0 Å². The summed E-state index contributed by atoms with van der Waals surface area (Å²) in [6, 6.07) is 1.71. The fraction of sp³-hybridized carbons (Fsp3) is 0.556. The van der Waals surface area contributed by atoms with Crippen molar-refractivity contribution in [3.05, 3.63) is 16.9 Å². The van der Waals surface area contributed by atoms with Crippen LogP contribution in [0.2, 0.25) is 5.15 Å². The minimum Gasteiger partial charge on any atom is -0.341 e. The van der Waals surface area contributed by atoms with Gasteiger partial charge < -0.3 is 10.6 Å². The molecule has 14 heavy (non-hydrogen) atoms. The van der Waals surface area contributed by atoms with Crippen molar-refractivity contribution >= 4 is 17.5 Å². The molecule has 0 spiro atoms. The molecule has 1 aromatic rings. The van der Waals surface area contributed by atoms with E-state index in [0.29, 0.717) is 11.7 Å². The van der Waals surface area contributed by atoms with Crippen molar-refractivity contribution < 1.29 is 0 Å². The van der Waals surface area contributed by atoms with Gasteiger partial charge in [0.1, 0.15) is 5.15 Å². The Kier molecular flexibility index (Phi) is 2.84. The minimum atomic E-state index is 0.406. The summed E-state index contributed by atoms with van der Waals surface area (Å²) in [5.74, 6) is 0.718. The highest BCUT2D eigenvalue weighted by Gasteiger charge is 2.15. The molecule has 0 unspecified atom stereocenters. The zero-order chi connectivity index (χ0) is 9.97. The summed E-state index contributed by atoms with van der Waals surface area (Å²) in [5.41, 5.74) is 6.32. The molecule has 0 bridgehead atoms. The van der Waals surface area contributed by atoms with Crippen LogP contribution in [-0.4, -0.2) is 23.1 Å². The van der Waals surface area contributed by atoms with Crippen molar-refractivity contribution in [3.63, 3.8) is 0 Å². The predicted octanol–water partition coefficient (Wildman–Crippen LogP) is 1.19. The molecule has 1 fully saturated rings. The fourth-order valence-corrected chi connectivity index (χ4v) is 1.82. The summed E-state index contributed by atoms with van der Waals surface area (Å²) >= 11 is 5.87. The van der Waals surface area contributed by atoms with Gasteiger partial charge in [0.05, 0.1) is 5.69 Å². The third kappa shape index (κ3) is 1.96. The van der Waals surface area contributed by atoms with Crippen molar-refractivity contribution in [2.75, 3.05) is 18.0 Å². The van der Waals surface area contributed by atoms with Crippen molar-refractivity contribution in [2.45, 2.75) is 19.4 Å². The number of nitrogens with two attached hydrogens (primary N) is 1. The Morgan fingerprint density at radius 2 is 2.07 bits per heavy atom. The molecule has 2 heterocycles. The Morgan fingerprint density at radius 1 is 1.36 bits per heavy atom. The van der Waals surface area contributed by atoms with Gasteiger partial charge in [-0.1, -0.05) is 11.6 Å². The molecule has 1 aliphatic rings. The van der Waals surface area contributed by atoms with Crippen LogP contribution in [0.25, 0.3) is 0 Å². The first-order valence-corrected chi connectivity index (χ1v) is 5.16. The summed E-state index contributed by atoms with van der Waals surface area (Å²) in [6.07, 6.45) is 2.40. The lowest BCUT2D eigenvalue weighted by atomic mass is 10.4. The first-order chi connectivity index (χ1) is 6.79. The van der Waals surface area contributed by atoms with Gasteiger partial charge in [0.25, 0.3) is 0 Å². The van der Waals surface area contributed by atoms with Crippen LogP contribution in [0.4, 0.5) is 5.95 Å². The Morgan fingerprint density at radius 3 is 2.71 bits per heavy atom. The smallest absolute Gasteiger partial charge is 0.227 e. The maximum atomic E-state index is 5.87. The van der Waals surface area contributed by atoms with Crippen LogP contribution in [0, 0.1) is 0 Å². The SMILES string of the molecule is NCc1cc(Cl)nc(N2CCCC2)n1. The lowest BCUT2D eigenvalue weighted by Crippen LogP contribution is -2.21. The van der Waals surface area contributed by atoms with Gasteiger partial charge in [-0.15, -0.1) is 0 Å². The average Bonchev–Trinajstić information content (AvgIpc) is 2.69. The van der Waals surface area contributed by atoms with E-state index in [2.05, 4.69) is 14.9 Å². The van der Waals surface area contributed by atoms with Gasteiger partial charge in [0.15, 0.2) is 0 Å². The van der Waals surface area contributed by atoms with Gasteiger partial charge in [-0.25, -0.2) is 9.97 Å². The maximum Gasteiger partial charge on any atom is 0.227 e. The van der Waals surface area contributed by atoms with Gasteiger partial charge in [0.2, 0.25) is 5.95 Å².